The smallest absolute Gasteiger partial charge is 0.336 e. The summed E-state index contributed by atoms with van der Waals surface area (Å²) in [6.45, 7) is 2.75. The van der Waals surface area contributed by atoms with Gasteiger partial charge in [-0.05, 0) is 49.1 Å². The van der Waals surface area contributed by atoms with Crippen molar-refractivity contribution in [2.45, 2.75) is 56.9 Å². The Kier molecular flexibility index (Phi) is 5.61. The second-order valence-electron chi connectivity index (χ2n) is 10.2. The number of nitrogens with zero attached hydrogens (tertiary/aromatic N) is 7. The molecular formula is C24H29N7O5. The van der Waals surface area contributed by atoms with Gasteiger partial charge in [0.1, 0.15) is 12.9 Å². The first-order chi connectivity index (χ1) is 17.4. The molecule has 3 fully saturated rings. The van der Waals surface area contributed by atoms with Crippen molar-refractivity contribution in [2.75, 3.05) is 26.8 Å². The fourth-order valence-corrected chi connectivity index (χ4v) is 6.53. The van der Waals surface area contributed by atoms with Gasteiger partial charge in [0, 0.05) is 37.5 Å². The van der Waals surface area contributed by atoms with Crippen molar-refractivity contribution in [3.05, 3.63) is 41.5 Å². The Labute approximate surface area is 207 Å². The van der Waals surface area contributed by atoms with Crippen molar-refractivity contribution in [1.29, 1.82) is 0 Å². The second-order valence-corrected chi connectivity index (χ2v) is 10.2. The van der Waals surface area contributed by atoms with Crippen LogP contribution in [0.4, 0.5) is 0 Å². The number of tetrazole rings is 1. The molecule has 2 aromatic heterocycles. The summed E-state index contributed by atoms with van der Waals surface area (Å²) in [5, 5.41) is 22.1. The number of carbonyl (C=O) groups excluding carboxylic acids is 2. The number of likely N-dealkylation sites (tertiary alicyclic amines) is 1. The first kappa shape index (κ1) is 23.2. The van der Waals surface area contributed by atoms with E-state index in [0.29, 0.717) is 43.0 Å². The van der Waals surface area contributed by atoms with E-state index in [-0.39, 0.29) is 36.7 Å². The van der Waals surface area contributed by atoms with Crippen LogP contribution >= 0.6 is 0 Å². The number of esters is 1. The van der Waals surface area contributed by atoms with Crippen LogP contribution in [0.1, 0.15) is 44.3 Å². The number of hydrogen-bond donors (Lipinski definition) is 1. The summed E-state index contributed by atoms with van der Waals surface area (Å²) in [6, 6.07) is 3.95. The number of fused-ring (bicyclic) bond motifs is 2. The Balaban J connectivity index is 1.18. The number of hydrogen-bond acceptors (Lipinski definition) is 10. The third-order valence-corrected chi connectivity index (χ3v) is 8.42. The summed E-state index contributed by atoms with van der Waals surface area (Å²) in [5.41, 5.74) is 1.25. The second kappa shape index (κ2) is 8.71. The van der Waals surface area contributed by atoms with Gasteiger partial charge in [0.05, 0.1) is 35.4 Å². The van der Waals surface area contributed by atoms with E-state index in [1.807, 2.05) is 6.07 Å². The van der Waals surface area contributed by atoms with Crippen LogP contribution in [0, 0.1) is 5.41 Å². The van der Waals surface area contributed by atoms with Crippen LogP contribution < -0.4 is 0 Å². The molecule has 1 amide bonds. The van der Waals surface area contributed by atoms with Gasteiger partial charge in [-0.25, -0.2) is 9.78 Å². The molecule has 6 heterocycles. The van der Waals surface area contributed by atoms with E-state index >= 15 is 0 Å². The van der Waals surface area contributed by atoms with Crippen molar-refractivity contribution >= 4 is 11.9 Å². The third-order valence-electron chi connectivity index (χ3n) is 8.42. The Morgan fingerprint density at radius 2 is 2.03 bits per heavy atom. The Morgan fingerprint density at radius 3 is 2.61 bits per heavy atom. The van der Waals surface area contributed by atoms with Gasteiger partial charge < -0.3 is 19.5 Å². The molecule has 2 bridgehead atoms. The van der Waals surface area contributed by atoms with Crippen molar-refractivity contribution in [3.8, 4) is 5.82 Å². The lowest BCUT2D eigenvalue weighted by Crippen LogP contribution is -2.54. The summed E-state index contributed by atoms with van der Waals surface area (Å²) in [5.74, 6) is 0.240. The number of aliphatic hydroxyl groups is 1. The molecule has 190 valence electrons. The zero-order chi connectivity index (χ0) is 25.0. The molecule has 0 saturated carbocycles. The number of rotatable bonds is 6. The highest BCUT2D eigenvalue weighted by Crippen LogP contribution is 2.53. The SMILES string of the molecule is COC1CN(C2=C(C)C(=O)OC2)C(=O)C12CC1CCC(C2)N1C[C@H](O)c1ccc(-n2cnnn2)nc1. The van der Waals surface area contributed by atoms with Gasteiger partial charge in [-0.2, -0.15) is 4.68 Å². The topological polar surface area (TPSA) is 136 Å². The standard InChI is InChI=1S/C24H29N7O5/c1-14-18(12-36-22(14)33)30-11-20(35-2)24(23(30)34)7-16-4-5-17(8-24)29(16)10-19(32)15-3-6-21(25-9-15)31-13-26-27-28-31/h3,6,9,13,16-17,19-20,32H,4-5,7-8,10-12H2,1-2H3/t16?,17?,19-,20?,24?/m0/s1. The molecule has 2 aromatic rings. The van der Waals surface area contributed by atoms with Crippen LogP contribution in [0.15, 0.2) is 35.9 Å². The van der Waals surface area contributed by atoms with E-state index in [1.165, 1.54) is 11.0 Å². The molecule has 4 aliphatic rings. The third kappa shape index (κ3) is 3.54. The first-order valence-electron chi connectivity index (χ1n) is 12.3. The molecule has 3 saturated heterocycles. The van der Waals surface area contributed by atoms with E-state index in [2.05, 4.69) is 25.4 Å². The average molecular weight is 496 g/mol. The maximum absolute atomic E-state index is 13.8. The van der Waals surface area contributed by atoms with Gasteiger partial charge in [0.25, 0.3) is 0 Å². The number of ether oxygens (including phenoxy) is 2. The Bertz CT molecular complexity index is 1180. The monoisotopic (exact) mass is 495 g/mol. The van der Waals surface area contributed by atoms with Crippen LogP contribution in [0.25, 0.3) is 5.82 Å². The van der Waals surface area contributed by atoms with Gasteiger partial charge in [-0.3, -0.25) is 9.69 Å². The lowest BCUT2D eigenvalue weighted by atomic mass is 9.71. The fourth-order valence-electron chi connectivity index (χ4n) is 6.53. The Hall–Kier alpha value is -3.22. The van der Waals surface area contributed by atoms with Gasteiger partial charge in [0.15, 0.2) is 5.82 Å². The number of cyclic esters (lactones) is 1. The zero-order valence-corrected chi connectivity index (χ0v) is 20.3. The molecular weight excluding hydrogens is 466 g/mol. The number of piperidine rings is 1. The van der Waals surface area contributed by atoms with Crippen LogP contribution in [-0.4, -0.2) is 97.0 Å². The van der Waals surface area contributed by atoms with Crippen LogP contribution in [0.5, 0.6) is 0 Å². The van der Waals surface area contributed by atoms with Crippen LogP contribution in [-0.2, 0) is 19.1 Å². The van der Waals surface area contributed by atoms with Crippen molar-refractivity contribution < 1.29 is 24.2 Å². The molecule has 4 atom stereocenters. The van der Waals surface area contributed by atoms with Crippen molar-refractivity contribution in [3.63, 3.8) is 0 Å². The molecule has 1 spiro atoms. The fraction of sp³-hybridized carbons (Fsp3) is 0.583. The number of amides is 1. The van der Waals surface area contributed by atoms with Crippen LogP contribution in [0.3, 0.4) is 0 Å². The summed E-state index contributed by atoms with van der Waals surface area (Å²) in [4.78, 5) is 34.2. The van der Waals surface area contributed by atoms with Gasteiger partial charge >= 0.3 is 5.97 Å². The lowest BCUT2D eigenvalue weighted by molar-refractivity contribution is -0.144. The molecule has 1 N–H and O–H groups in total. The quantitative estimate of drug-likeness (QED) is 0.561. The van der Waals surface area contributed by atoms with Crippen molar-refractivity contribution in [2.24, 2.45) is 5.41 Å². The molecule has 12 heteroatoms. The highest BCUT2D eigenvalue weighted by molar-refractivity contribution is 5.94. The van der Waals surface area contributed by atoms with E-state index in [1.54, 1.807) is 31.2 Å². The summed E-state index contributed by atoms with van der Waals surface area (Å²) in [6.07, 6.45) is 5.44. The molecule has 0 radical (unpaired) electrons. The molecule has 0 aromatic carbocycles. The summed E-state index contributed by atoms with van der Waals surface area (Å²) < 4.78 is 12.5. The molecule has 4 aliphatic heterocycles. The lowest BCUT2D eigenvalue weighted by Gasteiger charge is -2.46. The van der Waals surface area contributed by atoms with Gasteiger partial charge in [-0.1, -0.05) is 6.07 Å². The molecule has 3 unspecified atom stereocenters. The highest BCUT2D eigenvalue weighted by atomic mass is 16.5. The maximum Gasteiger partial charge on any atom is 0.336 e. The first-order valence-corrected chi connectivity index (χ1v) is 12.3. The zero-order valence-electron chi connectivity index (χ0n) is 20.3. The molecule has 6 rings (SSSR count). The summed E-state index contributed by atoms with van der Waals surface area (Å²) >= 11 is 0. The number of pyridine rings is 1. The Morgan fingerprint density at radius 1 is 1.25 bits per heavy atom. The predicted octanol–water partition coefficient (Wildman–Crippen LogP) is 0.392. The highest BCUT2D eigenvalue weighted by Gasteiger charge is 2.61. The van der Waals surface area contributed by atoms with E-state index in [0.717, 1.165) is 18.4 Å². The normalized spacial score (nSPS) is 31.1. The average Bonchev–Trinajstić information content (AvgIpc) is 3.64. The minimum Gasteiger partial charge on any atom is -0.456 e. The van der Waals surface area contributed by atoms with Gasteiger partial charge in [0.2, 0.25) is 5.91 Å². The molecule has 36 heavy (non-hydrogen) atoms. The number of aromatic nitrogens is 5. The largest absolute Gasteiger partial charge is 0.456 e. The van der Waals surface area contributed by atoms with E-state index in [9.17, 15) is 14.7 Å². The van der Waals surface area contributed by atoms with Crippen LogP contribution in [0.2, 0.25) is 0 Å². The molecule has 12 nitrogen and oxygen atoms in total. The summed E-state index contributed by atoms with van der Waals surface area (Å²) in [7, 11) is 1.66. The minimum absolute atomic E-state index is 0.0292. The minimum atomic E-state index is -0.707. The van der Waals surface area contributed by atoms with Gasteiger partial charge in [-0.15, -0.1) is 5.10 Å². The maximum atomic E-state index is 13.8. The van der Waals surface area contributed by atoms with E-state index in [4.69, 9.17) is 9.47 Å². The molecule has 0 aliphatic carbocycles. The number of aliphatic hydroxyl groups excluding tert-OH is 1. The number of carbonyl (C=O) groups is 2. The van der Waals surface area contributed by atoms with E-state index < -0.39 is 11.5 Å². The van der Waals surface area contributed by atoms with Crippen molar-refractivity contribution in [1.82, 2.24) is 35.0 Å². The number of methoxy groups -OCH3 is 1. The predicted molar refractivity (Wildman–Crippen MR) is 123 cm³/mol.